The SMILES string of the molecule is CCCCC(NCC1(CO)CC1)c1ccccc1. The highest BCUT2D eigenvalue weighted by Crippen LogP contribution is 2.44. The smallest absolute Gasteiger partial charge is 0.0499 e. The van der Waals surface area contributed by atoms with Crippen LogP contribution in [0.5, 0.6) is 0 Å². The van der Waals surface area contributed by atoms with E-state index < -0.39 is 0 Å². The summed E-state index contributed by atoms with van der Waals surface area (Å²) in [4.78, 5) is 0. The van der Waals surface area contributed by atoms with Crippen LogP contribution in [0, 0.1) is 5.41 Å². The molecule has 2 N–H and O–H groups in total. The molecule has 2 nitrogen and oxygen atoms in total. The van der Waals surface area contributed by atoms with Crippen LogP contribution in [-0.4, -0.2) is 18.3 Å². The van der Waals surface area contributed by atoms with Crippen molar-refractivity contribution in [2.75, 3.05) is 13.2 Å². The molecular formula is C16H25NO. The number of aliphatic hydroxyl groups is 1. The zero-order valence-corrected chi connectivity index (χ0v) is 11.4. The summed E-state index contributed by atoms with van der Waals surface area (Å²) in [5, 5.41) is 13.0. The normalized spacial score (nSPS) is 18.6. The Hall–Kier alpha value is -0.860. The van der Waals surface area contributed by atoms with Crippen molar-refractivity contribution in [1.82, 2.24) is 5.32 Å². The molecule has 1 saturated carbocycles. The Labute approximate surface area is 110 Å². The van der Waals surface area contributed by atoms with E-state index in [1.807, 2.05) is 0 Å². The van der Waals surface area contributed by atoms with Gasteiger partial charge >= 0.3 is 0 Å². The fourth-order valence-electron chi connectivity index (χ4n) is 2.39. The van der Waals surface area contributed by atoms with Gasteiger partial charge in [0.05, 0.1) is 0 Å². The van der Waals surface area contributed by atoms with Crippen molar-refractivity contribution in [3.63, 3.8) is 0 Å². The summed E-state index contributed by atoms with van der Waals surface area (Å²) >= 11 is 0. The third kappa shape index (κ3) is 3.56. The van der Waals surface area contributed by atoms with Gasteiger partial charge in [-0.15, -0.1) is 0 Å². The van der Waals surface area contributed by atoms with Crippen LogP contribution in [0.3, 0.4) is 0 Å². The molecule has 1 aromatic rings. The second kappa shape index (κ2) is 6.35. The Kier molecular flexibility index (Phi) is 4.79. The molecular weight excluding hydrogens is 222 g/mol. The molecule has 0 spiro atoms. The van der Waals surface area contributed by atoms with Crippen molar-refractivity contribution in [2.24, 2.45) is 5.41 Å². The molecule has 2 rings (SSSR count). The molecule has 1 atom stereocenters. The first-order valence-corrected chi connectivity index (χ1v) is 7.19. The first kappa shape index (κ1) is 13.6. The van der Waals surface area contributed by atoms with Gasteiger partial charge in [0.1, 0.15) is 0 Å². The molecule has 0 amide bonds. The van der Waals surface area contributed by atoms with Crippen molar-refractivity contribution < 1.29 is 5.11 Å². The van der Waals surface area contributed by atoms with Crippen LogP contribution < -0.4 is 5.32 Å². The highest BCUT2D eigenvalue weighted by atomic mass is 16.3. The number of nitrogens with one attached hydrogen (secondary N) is 1. The van der Waals surface area contributed by atoms with Gasteiger partial charge in [-0.3, -0.25) is 0 Å². The largest absolute Gasteiger partial charge is 0.396 e. The quantitative estimate of drug-likeness (QED) is 0.739. The number of benzene rings is 1. The van der Waals surface area contributed by atoms with Gasteiger partial charge in [-0.05, 0) is 24.8 Å². The molecule has 0 radical (unpaired) electrons. The van der Waals surface area contributed by atoms with Gasteiger partial charge in [-0.1, -0.05) is 50.1 Å². The van der Waals surface area contributed by atoms with Crippen LogP contribution in [0.2, 0.25) is 0 Å². The van der Waals surface area contributed by atoms with E-state index in [0.29, 0.717) is 12.6 Å². The first-order valence-electron chi connectivity index (χ1n) is 7.19. The van der Waals surface area contributed by atoms with Crippen molar-refractivity contribution in [1.29, 1.82) is 0 Å². The summed E-state index contributed by atoms with van der Waals surface area (Å²) in [7, 11) is 0. The van der Waals surface area contributed by atoms with E-state index in [-0.39, 0.29) is 5.41 Å². The van der Waals surface area contributed by atoms with E-state index in [2.05, 4.69) is 42.6 Å². The molecule has 0 aliphatic heterocycles. The standard InChI is InChI=1S/C16H25NO/c1-2-3-9-15(14-7-5-4-6-8-14)17-12-16(13-18)10-11-16/h4-8,15,17-18H,2-3,9-13H2,1H3. The third-order valence-electron chi connectivity index (χ3n) is 4.06. The first-order chi connectivity index (χ1) is 8.79. The number of unbranched alkanes of at least 4 members (excludes halogenated alkanes) is 1. The third-order valence-corrected chi connectivity index (χ3v) is 4.06. The Balaban J connectivity index is 1.92. The van der Waals surface area contributed by atoms with Gasteiger partial charge in [0.25, 0.3) is 0 Å². The van der Waals surface area contributed by atoms with Crippen molar-refractivity contribution in [3.05, 3.63) is 35.9 Å². The molecule has 0 bridgehead atoms. The van der Waals surface area contributed by atoms with E-state index in [1.165, 1.54) is 37.7 Å². The Bertz CT molecular complexity index is 345. The molecule has 100 valence electrons. The Morgan fingerprint density at radius 3 is 2.56 bits per heavy atom. The average molecular weight is 247 g/mol. The van der Waals surface area contributed by atoms with Gasteiger partial charge < -0.3 is 10.4 Å². The molecule has 0 heterocycles. The van der Waals surface area contributed by atoms with Crippen LogP contribution in [0.4, 0.5) is 0 Å². The summed E-state index contributed by atoms with van der Waals surface area (Å²) in [6, 6.07) is 11.1. The maximum absolute atomic E-state index is 9.38. The predicted octanol–water partition coefficient (Wildman–Crippen LogP) is 3.28. The predicted molar refractivity (Wildman–Crippen MR) is 75.5 cm³/mol. The van der Waals surface area contributed by atoms with Gasteiger partial charge in [-0.2, -0.15) is 0 Å². The molecule has 1 aromatic carbocycles. The summed E-state index contributed by atoms with van der Waals surface area (Å²) in [6.45, 7) is 3.51. The number of hydrogen-bond acceptors (Lipinski definition) is 2. The maximum atomic E-state index is 9.38. The summed E-state index contributed by atoms with van der Waals surface area (Å²) in [5.74, 6) is 0. The van der Waals surface area contributed by atoms with Gasteiger partial charge in [-0.25, -0.2) is 0 Å². The minimum absolute atomic E-state index is 0.194. The lowest BCUT2D eigenvalue weighted by atomic mass is 9.99. The highest BCUT2D eigenvalue weighted by Gasteiger charge is 2.41. The molecule has 2 heteroatoms. The second-order valence-electron chi connectivity index (χ2n) is 5.64. The summed E-state index contributed by atoms with van der Waals surface area (Å²) in [5.41, 5.74) is 1.57. The van der Waals surface area contributed by atoms with Gasteiger partial charge in [0.15, 0.2) is 0 Å². The van der Waals surface area contributed by atoms with Crippen molar-refractivity contribution >= 4 is 0 Å². The van der Waals surface area contributed by atoms with E-state index >= 15 is 0 Å². The van der Waals surface area contributed by atoms with Crippen molar-refractivity contribution in [2.45, 2.75) is 45.1 Å². The monoisotopic (exact) mass is 247 g/mol. The second-order valence-corrected chi connectivity index (χ2v) is 5.64. The van der Waals surface area contributed by atoms with E-state index in [9.17, 15) is 5.11 Å². The number of hydrogen-bond donors (Lipinski definition) is 2. The van der Waals surface area contributed by atoms with Crippen LogP contribution >= 0.6 is 0 Å². The summed E-state index contributed by atoms with van der Waals surface area (Å²) in [6.07, 6.45) is 6.01. The zero-order chi connectivity index (χ0) is 12.8. The zero-order valence-electron chi connectivity index (χ0n) is 11.4. The minimum Gasteiger partial charge on any atom is -0.396 e. The molecule has 18 heavy (non-hydrogen) atoms. The van der Waals surface area contributed by atoms with Crippen LogP contribution in [0.25, 0.3) is 0 Å². The molecule has 1 fully saturated rings. The molecule has 1 aliphatic rings. The Morgan fingerprint density at radius 1 is 1.28 bits per heavy atom. The highest BCUT2D eigenvalue weighted by molar-refractivity contribution is 5.19. The van der Waals surface area contributed by atoms with Gasteiger partial charge in [0, 0.05) is 24.6 Å². The lowest BCUT2D eigenvalue weighted by Gasteiger charge is -2.22. The van der Waals surface area contributed by atoms with E-state index in [4.69, 9.17) is 0 Å². The molecule has 0 aromatic heterocycles. The molecule has 1 aliphatic carbocycles. The number of aliphatic hydroxyl groups excluding tert-OH is 1. The Morgan fingerprint density at radius 2 is 2.00 bits per heavy atom. The minimum atomic E-state index is 0.194. The van der Waals surface area contributed by atoms with Crippen LogP contribution in [-0.2, 0) is 0 Å². The fraction of sp³-hybridized carbons (Fsp3) is 0.625. The van der Waals surface area contributed by atoms with Crippen LogP contribution in [0.1, 0.15) is 50.6 Å². The maximum Gasteiger partial charge on any atom is 0.0499 e. The van der Waals surface area contributed by atoms with E-state index in [1.54, 1.807) is 0 Å². The fourth-order valence-corrected chi connectivity index (χ4v) is 2.39. The average Bonchev–Trinajstić information content (AvgIpc) is 3.20. The molecule has 0 saturated heterocycles. The lowest BCUT2D eigenvalue weighted by molar-refractivity contribution is 0.203. The van der Waals surface area contributed by atoms with Crippen molar-refractivity contribution in [3.8, 4) is 0 Å². The topological polar surface area (TPSA) is 32.3 Å². The van der Waals surface area contributed by atoms with Crippen LogP contribution in [0.15, 0.2) is 30.3 Å². The lowest BCUT2D eigenvalue weighted by Crippen LogP contribution is -2.30. The molecule has 1 unspecified atom stereocenters. The van der Waals surface area contributed by atoms with E-state index in [0.717, 1.165) is 6.54 Å². The summed E-state index contributed by atoms with van der Waals surface area (Å²) < 4.78 is 0. The van der Waals surface area contributed by atoms with Gasteiger partial charge in [0.2, 0.25) is 0 Å². The number of rotatable bonds is 8.